The smallest absolute Gasteiger partial charge is 0.408 e. The molecule has 7 heteroatoms. The molecule has 20 heavy (non-hydrogen) atoms. The van der Waals surface area contributed by atoms with Crippen molar-refractivity contribution in [2.24, 2.45) is 5.41 Å². The predicted molar refractivity (Wildman–Crippen MR) is 70.5 cm³/mol. The Kier molecular flexibility index (Phi) is 5.35. The molecule has 0 saturated carbocycles. The summed E-state index contributed by atoms with van der Waals surface area (Å²) in [7, 11) is 0. The quantitative estimate of drug-likeness (QED) is 0.758. The average molecular weight is 289 g/mol. The Morgan fingerprint density at radius 3 is 2.40 bits per heavy atom. The number of aliphatic carboxylic acids is 1. The van der Waals surface area contributed by atoms with E-state index in [1.54, 1.807) is 20.8 Å². The highest BCUT2D eigenvalue weighted by Crippen LogP contribution is 2.26. The number of carboxylic acids is 1. The van der Waals surface area contributed by atoms with Crippen LogP contribution in [0.3, 0.4) is 0 Å². The summed E-state index contributed by atoms with van der Waals surface area (Å²) in [6, 6.07) is -1.13. The first-order valence-corrected chi connectivity index (χ1v) is 6.49. The molecular weight excluding hydrogens is 266 g/mol. The SMILES string of the molecule is CC1(COCC(NC(=O)OC(C)(C)C)C(=O)O)COC1. The Morgan fingerprint density at radius 1 is 1.40 bits per heavy atom. The summed E-state index contributed by atoms with van der Waals surface area (Å²) < 4.78 is 15.4. The van der Waals surface area contributed by atoms with Gasteiger partial charge in [0.1, 0.15) is 5.60 Å². The van der Waals surface area contributed by atoms with E-state index >= 15 is 0 Å². The van der Waals surface area contributed by atoms with Gasteiger partial charge in [0.25, 0.3) is 0 Å². The average Bonchev–Trinajstić information content (AvgIpc) is 2.22. The Labute approximate surface area is 118 Å². The molecule has 0 radical (unpaired) electrons. The van der Waals surface area contributed by atoms with Crippen molar-refractivity contribution in [3.8, 4) is 0 Å². The first-order valence-electron chi connectivity index (χ1n) is 6.49. The Morgan fingerprint density at radius 2 is 2.00 bits per heavy atom. The molecule has 1 atom stereocenters. The fraction of sp³-hybridized carbons (Fsp3) is 0.846. The lowest BCUT2D eigenvalue weighted by atomic mass is 9.90. The lowest BCUT2D eigenvalue weighted by Crippen LogP contribution is -2.48. The van der Waals surface area contributed by atoms with E-state index in [0.29, 0.717) is 19.8 Å². The number of rotatable bonds is 6. The topological polar surface area (TPSA) is 94.1 Å². The zero-order valence-corrected chi connectivity index (χ0v) is 12.4. The molecular formula is C13H23NO6. The number of carbonyl (C=O) groups excluding carboxylic acids is 1. The van der Waals surface area contributed by atoms with E-state index in [2.05, 4.69) is 5.32 Å². The zero-order valence-electron chi connectivity index (χ0n) is 12.4. The number of nitrogens with one attached hydrogen (secondary N) is 1. The van der Waals surface area contributed by atoms with Crippen molar-refractivity contribution < 1.29 is 28.9 Å². The maximum atomic E-state index is 11.5. The van der Waals surface area contributed by atoms with Crippen LogP contribution in [0.5, 0.6) is 0 Å². The van der Waals surface area contributed by atoms with Gasteiger partial charge in [-0.25, -0.2) is 9.59 Å². The molecule has 116 valence electrons. The van der Waals surface area contributed by atoms with Crippen molar-refractivity contribution in [2.45, 2.75) is 39.3 Å². The molecule has 0 aliphatic carbocycles. The predicted octanol–water partition coefficient (Wildman–Crippen LogP) is 1.02. The van der Waals surface area contributed by atoms with Crippen molar-refractivity contribution in [3.05, 3.63) is 0 Å². The van der Waals surface area contributed by atoms with Crippen LogP contribution < -0.4 is 5.32 Å². The number of alkyl carbamates (subject to hydrolysis) is 1. The second kappa shape index (κ2) is 6.41. The van der Waals surface area contributed by atoms with E-state index in [0.717, 1.165) is 0 Å². The molecule has 1 heterocycles. The highest BCUT2D eigenvalue weighted by atomic mass is 16.6. The van der Waals surface area contributed by atoms with Crippen LogP contribution in [-0.4, -0.2) is 55.2 Å². The molecule has 1 amide bonds. The van der Waals surface area contributed by atoms with Crippen molar-refractivity contribution in [1.82, 2.24) is 5.32 Å². The molecule has 0 aromatic rings. The third kappa shape index (κ3) is 5.75. The number of amides is 1. The highest BCUT2D eigenvalue weighted by molar-refractivity contribution is 5.80. The van der Waals surface area contributed by atoms with Gasteiger partial charge in [-0.15, -0.1) is 0 Å². The maximum absolute atomic E-state index is 11.5. The van der Waals surface area contributed by atoms with Gasteiger partial charge in [-0.3, -0.25) is 0 Å². The number of carbonyl (C=O) groups is 2. The molecule has 0 spiro atoms. The van der Waals surface area contributed by atoms with Gasteiger partial charge in [0, 0.05) is 5.41 Å². The van der Waals surface area contributed by atoms with Gasteiger partial charge in [0.05, 0.1) is 26.4 Å². The van der Waals surface area contributed by atoms with Gasteiger partial charge in [-0.05, 0) is 20.8 Å². The maximum Gasteiger partial charge on any atom is 0.408 e. The van der Waals surface area contributed by atoms with E-state index in [1.807, 2.05) is 6.92 Å². The number of ether oxygens (including phenoxy) is 3. The summed E-state index contributed by atoms with van der Waals surface area (Å²) in [5.41, 5.74) is -0.736. The van der Waals surface area contributed by atoms with Crippen LogP contribution in [0.15, 0.2) is 0 Å². The van der Waals surface area contributed by atoms with Crippen molar-refractivity contribution in [1.29, 1.82) is 0 Å². The van der Waals surface area contributed by atoms with E-state index < -0.39 is 23.7 Å². The normalized spacial score (nSPS) is 18.8. The molecule has 0 bridgehead atoms. The van der Waals surface area contributed by atoms with Crippen LogP contribution in [0.4, 0.5) is 4.79 Å². The minimum absolute atomic E-state index is 0.0605. The third-order valence-corrected chi connectivity index (χ3v) is 2.63. The van der Waals surface area contributed by atoms with Crippen LogP contribution in [0.1, 0.15) is 27.7 Å². The summed E-state index contributed by atoms with van der Waals surface area (Å²) in [5.74, 6) is -1.16. The van der Waals surface area contributed by atoms with Gasteiger partial charge in [0.15, 0.2) is 6.04 Å². The monoisotopic (exact) mass is 289 g/mol. The Hall–Kier alpha value is -1.34. The molecule has 1 aliphatic rings. The van der Waals surface area contributed by atoms with Crippen LogP contribution in [-0.2, 0) is 19.0 Å². The van der Waals surface area contributed by atoms with Gasteiger partial charge in [-0.2, -0.15) is 0 Å². The molecule has 7 nitrogen and oxygen atoms in total. The fourth-order valence-electron chi connectivity index (χ4n) is 1.58. The summed E-state index contributed by atoms with van der Waals surface area (Å²) in [6.45, 7) is 8.60. The molecule has 1 fully saturated rings. The van der Waals surface area contributed by atoms with Gasteiger partial charge < -0.3 is 24.6 Å². The largest absolute Gasteiger partial charge is 0.480 e. The van der Waals surface area contributed by atoms with E-state index in [4.69, 9.17) is 19.3 Å². The van der Waals surface area contributed by atoms with Crippen molar-refractivity contribution in [2.75, 3.05) is 26.4 Å². The van der Waals surface area contributed by atoms with Gasteiger partial charge in [-0.1, -0.05) is 6.92 Å². The molecule has 2 N–H and O–H groups in total. The second-order valence-corrected chi connectivity index (χ2v) is 6.36. The summed E-state index contributed by atoms with van der Waals surface area (Å²) in [4.78, 5) is 22.6. The molecule has 1 rings (SSSR count). The van der Waals surface area contributed by atoms with Crippen molar-refractivity contribution in [3.63, 3.8) is 0 Å². The van der Waals surface area contributed by atoms with Crippen LogP contribution in [0, 0.1) is 5.41 Å². The van der Waals surface area contributed by atoms with Crippen molar-refractivity contribution >= 4 is 12.1 Å². The summed E-state index contributed by atoms with van der Waals surface area (Å²) >= 11 is 0. The molecule has 1 aliphatic heterocycles. The summed E-state index contributed by atoms with van der Waals surface area (Å²) in [5, 5.41) is 11.3. The van der Waals surface area contributed by atoms with E-state index in [9.17, 15) is 9.59 Å². The zero-order chi connectivity index (χ0) is 15.4. The van der Waals surface area contributed by atoms with Crippen LogP contribution in [0.2, 0.25) is 0 Å². The number of carboxylic acid groups (broad SMARTS) is 1. The lowest BCUT2D eigenvalue weighted by Gasteiger charge is -2.37. The minimum atomic E-state index is -1.16. The Bertz CT molecular complexity index is 358. The number of hydrogen-bond acceptors (Lipinski definition) is 5. The second-order valence-electron chi connectivity index (χ2n) is 6.36. The van der Waals surface area contributed by atoms with E-state index in [1.165, 1.54) is 0 Å². The summed E-state index contributed by atoms with van der Waals surface area (Å²) in [6.07, 6.45) is -0.772. The standard InChI is InChI=1S/C13H23NO6/c1-12(2,3)20-11(17)14-9(10(15)16)5-18-6-13(4)7-19-8-13/h9H,5-8H2,1-4H3,(H,14,17)(H,15,16). The highest BCUT2D eigenvalue weighted by Gasteiger charge is 2.34. The lowest BCUT2D eigenvalue weighted by molar-refractivity contribution is -0.149. The van der Waals surface area contributed by atoms with E-state index in [-0.39, 0.29) is 12.0 Å². The molecule has 1 saturated heterocycles. The first kappa shape index (κ1) is 16.7. The number of hydrogen-bond donors (Lipinski definition) is 2. The fourth-order valence-corrected chi connectivity index (χ4v) is 1.58. The molecule has 0 aromatic heterocycles. The minimum Gasteiger partial charge on any atom is -0.480 e. The molecule has 0 aromatic carbocycles. The van der Waals surface area contributed by atoms with Crippen LogP contribution >= 0.6 is 0 Å². The first-order chi connectivity index (χ1) is 9.11. The third-order valence-electron chi connectivity index (χ3n) is 2.63. The van der Waals surface area contributed by atoms with Gasteiger partial charge >= 0.3 is 12.1 Å². The molecule has 1 unspecified atom stereocenters. The van der Waals surface area contributed by atoms with Gasteiger partial charge in [0.2, 0.25) is 0 Å². The van der Waals surface area contributed by atoms with Crippen LogP contribution in [0.25, 0.3) is 0 Å². The Balaban J connectivity index is 2.36.